The second-order valence-electron chi connectivity index (χ2n) is 18.6. The second kappa shape index (κ2) is 16.0. The van der Waals surface area contributed by atoms with E-state index in [1.54, 1.807) is 54.6 Å². The van der Waals surface area contributed by atoms with Gasteiger partial charge in [-0.15, -0.1) is 6.58 Å². The molecule has 0 unspecified atom stereocenters. The Balaban J connectivity index is 1.17. The number of allylic oxidation sites excluding steroid dienone is 1. The predicted molar refractivity (Wildman–Crippen MR) is 228 cm³/mol. The van der Waals surface area contributed by atoms with Crippen LogP contribution in [-0.4, -0.2) is 105 Å². The first-order chi connectivity index (χ1) is 29.3. The van der Waals surface area contributed by atoms with Crippen LogP contribution in [0.5, 0.6) is 0 Å². The van der Waals surface area contributed by atoms with Gasteiger partial charge in [0.2, 0.25) is 27.7 Å². The van der Waals surface area contributed by atoms with E-state index in [1.807, 2.05) is 48.5 Å². The summed E-state index contributed by atoms with van der Waals surface area (Å²) in [4.78, 5) is 81.3. The van der Waals surface area contributed by atoms with Crippen molar-refractivity contribution in [1.29, 1.82) is 0 Å². The van der Waals surface area contributed by atoms with E-state index in [0.717, 1.165) is 15.7 Å². The monoisotopic (exact) mass is 870 g/mol. The summed E-state index contributed by atoms with van der Waals surface area (Å²) in [6, 6.07) is 17.9. The van der Waals surface area contributed by atoms with E-state index in [2.05, 4.69) is 16.3 Å². The maximum absolute atomic E-state index is 15.3. The molecule has 1 N–H and O–H groups in total. The van der Waals surface area contributed by atoms with Gasteiger partial charge in [-0.2, -0.15) is 0 Å². The minimum Gasteiger partial charge on any atom is -0.336 e. The zero-order chi connectivity index (χ0) is 44.4. The van der Waals surface area contributed by atoms with Gasteiger partial charge in [0.15, 0.2) is 5.78 Å². The molecule has 4 aliphatic rings. The normalized spacial score (nSPS) is 23.9. The van der Waals surface area contributed by atoms with Gasteiger partial charge in [-0.1, -0.05) is 69.3 Å². The number of pyridine rings is 1. The van der Waals surface area contributed by atoms with Gasteiger partial charge in [-0.05, 0) is 61.3 Å². The molecule has 4 aromatic rings. The highest BCUT2D eigenvalue weighted by atomic mass is 32.2. The number of fused-ring (bicyclic) bond motifs is 3. The van der Waals surface area contributed by atoms with Gasteiger partial charge < -0.3 is 14.7 Å². The molecule has 2 aromatic carbocycles. The van der Waals surface area contributed by atoms with E-state index >= 15 is 9.59 Å². The number of hydrogen-bond acceptors (Lipinski definition) is 8. The summed E-state index contributed by atoms with van der Waals surface area (Å²) >= 11 is 0. The number of benzene rings is 2. The first-order valence-corrected chi connectivity index (χ1v) is 22.7. The van der Waals surface area contributed by atoms with Crippen LogP contribution in [0.15, 0.2) is 85.6 Å². The number of hydrogen-bond donors (Lipinski definition) is 1. The molecule has 5 atom stereocenters. The van der Waals surface area contributed by atoms with E-state index in [1.165, 1.54) is 11.0 Å². The van der Waals surface area contributed by atoms with Crippen molar-refractivity contribution in [3.63, 3.8) is 0 Å². The van der Waals surface area contributed by atoms with Crippen molar-refractivity contribution in [1.82, 2.24) is 29.0 Å². The fourth-order valence-corrected chi connectivity index (χ4v) is 10.8. The number of Topliss-reactive ketones (excluding diaryl/α,β-unsaturated/α-hetero) is 1. The molecule has 2 aliphatic heterocycles. The lowest BCUT2D eigenvalue weighted by Gasteiger charge is -2.36. The van der Waals surface area contributed by atoms with Gasteiger partial charge in [0.25, 0.3) is 5.92 Å². The quantitative estimate of drug-likeness (QED) is 0.153. The molecule has 4 fully saturated rings. The number of nitrogens with zero attached hydrogens (tertiary/aromatic N) is 5. The Morgan fingerprint density at radius 1 is 0.984 bits per heavy atom. The highest BCUT2D eigenvalue weighted by Gasteiger charge is 2.62. The molecule has 2 saturated heterocycles. The largest absolute Gasteiger partial charge is 0.336 e. The van der Waals surface area contributed by atoms with Crippen molar-refractivity contribution in [2.24, 2.45) is 22.7 Å². The fourth-order valence-electron chi connectivity index (χ4n) is 9.39. The molecular weight excluding hydrogens is 819 g/mol. The number of alkyl halides is 2. The number of carbonyl (C=O) groups is 5. The fraction of sp³-hybridized carbons (Fsp3) is 0.478. The lowest BCUT2D eigenvalue weighted by Crippen LogP contribution is -2.50. The van der Waals surface area contributed by atoms with Crippen molar-refractivity contribution in [3.05, 3.63) is 91.3 Å². The summed E-state index contributed by atoms with van der Waals surface area (Å²) in [6.45, 7) is 8.11. The minimum absolute atomic E-state index is 0.00236. The van der Waals surface area contributed by atoms with Crippen LogP contribution in [0.1, 0.15) is 71.4 Å². The number of nitrogens with one attached hydrogen (secondary N) is 1. The Hall–Kier alpha value is -5.51. The molecule has 8 rings (SSSR count). The molecule has 16 heteroatoms. The van der Waals surface area contributed by atoms with E-state index in [4.69, 9.17) is 0 Å². The van der Waals surface area contributed by atoms with Gasteiger partial charge in [0.1, 0.15) is 0 Å². The average molecular weight is 871 g/mol. The molecule has 4 heterocycles. The Bertz CT molecular complexity index is 2520. The summed E-state index contributed by atoms with van der Waals surface area (Å²) in [5, 5.41) is 1.03. The second-order valence-corrected chi connectivity index (χ2v) is 20.5. The maximum atomic E-state index is 15.3. The standard InChI is InChI=1S/C46H52F2N6O7S/c1-5-29-24-45(29,42(58)50-62(60,61)32-17-18-32)25-39(55)38-22-31(27-53(38)41(57)35(44(2,3)4)23-40(56)51-21-19-46(47,48)28-51)52(26-30-12-10-11-20-49-30)43(59)54-36-15-8-6-13-33(36)34-14-7-9-16-37(34)54/h5-16,20,29,31-32,35,38H,1,17-19,21-28H2,2-4H3,(H,50,58)/t29-,31-,35-,38+,45-/m1/s1. The molecule has 2 aromatic heterocycles. The molecule has 4 amide bonds. The molecule has 0 spiro atoms. The van der Waals surface area contributed by atoms with Gasteiger partial charge in [0, 0.05) is 49.3 Å². The molecule has 0 bridgehead atoms. The number of aromatic nitrogens is 2. The highest BCUT2D eigenvalue weighted by molar-refractivity contribution is 7.90. The zero-order valence-corrected chi connectivity index (χ0v) is 36.0. The molecule has 328 valence electrons. The molecule has 2 saturated carbocycles. The van der Waals surface area contributed by atoms with Crippen molar-refractivity contribution in [3.8, 4) is 0 Å². The van der Waals surface area contributed by atoms with E-state index in [9.17, 15) is 31.6 Å². The molecule has 62 heavy (non-hydrogen) atoms. The lowest BCUT2D eigenvalue weighted by atomic mass is 9.77. The molecule has 2 aliphatic carbocycles. The Morgan fingerprint density at radius 2 is 1.63 bits per heavy atom. The Labute approximate surface area is 359 Å². The first-order valence-electron chi connectivity index (χ1n) is 21.2. The summed E-state index contributed by atoms with van der Waals surface area (Å²) in [5.41, 5.74) is -0.439. The Kier molecular flexibility index (Phi) is 11.1. The third-order valence-electron chi connectivity index (χ3n) is 13.3. The minimum atomic E-state index is -3.95. The van der Waals surface area contributed by atoms with Crippen LogP contribution >= 0.6 is 0 Å². The number of carbonyl (C=O) groups excluding carboxylic acids is 5. The third kappa shape index (κ3) is 8.25. The van der Waals surface area contributed by atoms with Crippen molar-refractivity contribution in [2.75, 3.05) is 19.6 Å². The van der Waals surface area contributed by atoms with Gasteiger partial charge in [-0.25, -0.2) is 22.0 Å². The molecule has 0 radical (unpaired) electrons. The number of sulfonamides is 1. The third-order valence-corrected chi connectivity index (χ3v) is 15.1. The number of ketones is 1. The van der Waals surface area contributed by atoms with E-state index < -0.39 is 105 Å². The topological polar surface area (TPSA) is 159 Å². The zero-order valence-electron chi connectivity index (χ0n) is 35.1. The summed E-state index contributed by atoms with van der Waals surface area (Å²) < 4.78 is 58.2. The van der Waals surface area contributed by atoms with Crippen LogP contribution in [0, 0.1) is 22.7 Å². The number of para-hydroxylation sites is 2. The summed E-state index contributed by atoms with van der Waals surface area (Å²) in [7, 11) is -3.95. The van der Waals surface area contributed by atoms with E-state index in [0.29, 0.717) is 29.6 Å². The summed E-state index contributed by atoms with van der Waals surface area (Å²) in [5.74, 6) is -7.07. The smallest absolute Gasteiger partial charge is 0.329 e. The lowest BCUT2D eigenvalue weighted by molar-refractivity contribution is -0.148. The van der Waals surface area contributed by atoms with Gasteiger partial charge in [0.05, 0.1) is 58.5 Å². The predicted octanol–water partition coefficient (Wildman–Crippen LogP) is 6.31. The summed E-state index contributed by atoms with van der Waals surface area (Å²) in [6.07, 6.45) is 2.86. The van der Waals surface area contributed by atoms with Crippen LogP contribution in [-0.2, 0) is 35.7 Å². The Morgan fingerprint density at radius 3 is 2.18 bits per heavy atom. The molecular formula is C46H52F2N6O7S. The van der Waals surface area contributed by atoms with Crippen LogP contribution in [0.25, 0.3) is 21.8 Å². The van der Waals surface area contributed by atoms with Crippen molar-refractivity contribution in [2.45, 2.75) is 95.5 Å². The maximum Gasteiger partial charge on any atom is 0.329 e. The van der Waals surface area contributed by atoms with Gasteiger partial charge >= 0.3 is 6.03 Å². The number of halogens is 2. The van der Waals surface area contributed by atoms with Crippen LogP contribution in [0.3, 0.4) is 0 Å². The van der Waals surface area contributed by atoms with Crippen LogP contribution in [0.2, 0.25) is 0 Å². The van der Waals surface area contributed by atoms with Crippen molar-refractivity contribution < 1.29 is 41.2 Å². The van der Waals surface area contributed by atoms with Crippen LogP contribution < -0.4 is 4.72 Å². The number of amides is 4. The first kappa shape index (κ1) is 43.2. The number of rotatable bonds is 13. The van der Waals surface area contributed by atoms with E-state index in [-0.39, 0.29) is 38.9 Å². The van der Waals surface area contributed by atoms with Crippen molar-refractivity contribution >= 4 is 61.4 Å². The van der Waals surface area contributed by atoms with Gasteiger partial charge in [-0.3, -0.25) is 33.5 Å². The molecule has 13 nitrogen and oxygen atoms in total. The number of likely N-dealkylation sites (tertiary alicyclic amines) is 2. The van der Waals surface area contributed by atoms with Crippen LogP contribution in [0.4, 0.5) is 13.6 Å². The SMILES string of the molecule is C=C[C@@H]1C[C@]1(CC(=O)[C@@H]1C[C@@H](N(Cc2ccccn2)C(=O)n2c3ccccc3c3ccccc32)CN1C(=O)[C@@H](CC(=O)N1CCC(F)(F)C1)C(C)(C)C)C(=O)NS(=O)(=O)C1CC1. The highest BCUT2D eigenvalue weighted by Crippen LogP contribution is 2.57. The average Bonchev–Trinajstić information content (AvgIpc) is 4.10.